The van der Waals surface area contributed by atoms with Crippen LogP contribution in [0, 0.1) is 17.3 Å². The first-order chi connectivity index (χ1) is 8.84. The lowest BCUT2D eigenvalue weighted by molar-refractivity contribution is -0.118. The number of halogens is 3. The molecule has 0 radical (unpaired) electrons. The van der Waals surface area contributed by atoms with E-state index >= 15 is 0 Å². The maximum absolute atomic E-state index is 12.2. The van der Waals surface area contributed by atoms with Crippen LogP contribution in [0.25, 0.3) is 0 Å². The second-order valence-corrected chi connectivity index (χ2v) is 6.67. The van der Waals surface area contributed by atoms with E-state index in [2.05, 4.69) is 5.32 Å². The van der Waals surface area contributed by atoms with Crippen LogP contribution in [0.2, 0.25) is 5.02 Å². The second kappa shape index (κ2) is 5.35. The molecule has 0 aromatic heterocycles. The number of para-hydroxylation sites is 1. The summed E-state index contributed by atoms with van der Waals surface area (Å²) in [5.41, 5.74) is 0.483. The highest BCUT2D eigenvalue weighted by molar-refractivity contribution is 6.55. The third kappa shape index (κ3) is 3.07. The normalized spacial score (nSPS) is 23.6. The first-order valence-corrected chi connectivity index (χ1v) is 7.05. The van der Waals surface area contributed by atoms with Gasteiger partial charge in [0.15, 0.2) is 0 Å². The molecule has 5 heteroatoms. The lowest BCUT2D eigenvalue weighted by atomic mass is 10.1. The molecule has 2 atom stereocenters. The van der Waals surface area contributed by atoms with Gasteiger partial charge in [-0.15, -0.1) is 0 Å². The molecule has 1 amide bonds. The Balaban J connectivity index is 2.10. The van der Waals surface area contributed by atoms with Crippen LogP contribution in [0.3, 0.4) is 0 Å². The third-order valence-electron chi connectivity index (χ3n) is 3.63. The minimum absolute atomic E-state index is 0.0555. The highest BCUT2D eigenvalue weighted by atomic mass is 35.5. The van der Waals surface area contributed by atoms with Gasteiger partial charge in [-0.05, 0) is 29.5 Å². The van der Waals surface area contributed by atoms with Crippen LogP contribution >= 0.6 is 34.8 Å². The number of amides is 1. The van der Waals surface area contributed by atoms with Crippen LogP contribution in [-0.4, -0.2) is 5.91 Å². The van der Waals surface area contributed by atoms with Gasteiger partial charge in [0.1, 0.15) is 4.49 Å². The summed E-state index contributed by atoms with van der Waals surface area (Å²) in [4.78, 5) is 12.2. The zero-order valence-electron chi connectivity index (χ0n) is 10.6. The average molecular weight is 319 g/mol. The molecule has 0 spiro atoms. The first kappa shape index (κ1) is 14.7. The summed E-state index contributed by atoms with van der Waals surface area (Å²) in [5.74, 6) is -0.148. The fraction of sp³-hybridized carbons (Fsp3) is 0.357. The topological polar surface area (TPSA) is 29.1 Å². The summed E-state index contributed by atoms with van der Waals surface area (Å²) in [6.45, 7) is 4.03. The van der Waals surface area contributed by atoms with E-state index in [1.54, 1.807) is 18.2 Å². The van der Waals surface area contributed by atoms with E-state index in [-0.39, 0.29) is 27.6 Å². The lowest BCUT2D eigenvalue weighted by Crippen LogP contribution is -2.17. The maximum atomic E-state index is 12.2. The predicted octanol–water partition coefficient (Wildman–Crippen LogP) is 4.87. The molecule has 1 N–H and O–H groups in total. The van der Waals surface area contributed by atoms with Crippen LogP contribution in [0.1, 0.15) is 13.8 Å². The molecule has 0 saturated heterocycles. The van der Waals surface area contributed by atoms with Crippen LogP contribution in [0.4, 0.5) is 5.69 Å². The molecule has 102 valence electrons. The predicted molar refractivity (Wildman–Crippen MR) is 80.6 cm³/mol. The van der Waals surface area contributed by atoms with Crippen LogP contribution in [0.5, 0.6) is 0 Å². The number of rotatable bonds is 3. The maximum Gasteiger partial charge on any atom is 0.228 e. The first-order valence-electron chi connectivity index (χ1n) is 5.92. The fourth-order valence-electron chi connectivity index (χ4n) is 2.40. The van der Waals surface area contributed by atoms with Gasteiger partial charge in [0.05, 0.1) is 16.6 Å². The SMILES string of the molecule is CC1(C)C(C=C(Cl)Cl)C1C(=O)Nc1ccccc1Cl. The Morgan fingerprint density at radius 3 is 2.53 bits per heavy atom. The standard InChI is InChI=1S/C14H14Cl3NO/c1-14(2)8(7-11(16)17)12(14)13(19)18-10-6-4-3-5-9(10)15/h3-8,12H,1-2H3,(H,18,19). The van der Waals surface area contributed by atoms with E-state index in [9.17, 15) is 4.79 Å². The van der Waals surface area contributed by atoms with Gasteiger partial charge in [0, 0.05) is 0 Å². The van der Waals surface area contributed by atoms with Crippen LogP contribution < -0.4 is 5.32 Å². The molecule has 0 bridgehead atoms. The molecule has 1 aromatic rings. The fourth-order valence-corrected chi connectivity index (χ4v) is 2.85. The molecular formula is C14H14Cl3NO. The monoisotopic (exact) mass is 317 g/mol. The molecule has 19 heavy (non-hydrogen) atoms. The van der Waals surface area contributed by atoms with E-state index in [1.165, 1.54) is 0 Å². The minimum atomic E-state index is -0.142. The third-order valence-corrected chi connectivity index (χ3v) is 4.21. The number of allylic oxidation sites excluding steroid dienone is 1. The summed E-state index contributed by atoms with van der Waals surface area (Å²) in [5, 5.41) is 3.37. The summed E-state index contributed by atoms with van der Waals surface area (Å²) in [7, 11) is 0. The van der Waals surface area contributed by atoms with Crippen molar-refractivity contribution < 1.29 is 4.79 Å². The Kier molecular flexibility index (Phi) is 4.14. The van der Waals surface area contributed by atoms with Crippen molar-refractivity contribution in [3.63, 3.8) is 0 Å². The van der Waals surface area contributed by atoms with Gasteiger partial charge < -0.3 is 5.32 Å². The van der Waals surface area contributed by atoms with E-state index in [1.807, 2.05) is 26.0 Å². The molecule has 1 aromatic carbocycles. The minimum Gasteiger partial charge on any atom is -0.324 e. The number of benzene rings is 1. The van der Waals surface area contributed by atoms with Crippen molar-refractivity contribution >= 4 is 46.4 Å². The molecule has 0 heterocycles. The van der Waals surface area contributed by atoms with Gasteiger partial charge in [-0.3, -0.25) is 4.79 Å². The largest absolute Gasteiger partial charge is 0.324 e. The van der Waals surface area contributed by atoms with Crippen LogP contribution in [-0.2, 0) is 4.79 Å². The van der Waals surface area contributed by atoms with Gasteiger partial charge in [-0.25, -0.2) is 0 Å². The summed E-state index contributed by atoms with van der Waals surface area (Å²) >= 11 is 17.4. The second-order valence-electron chi connectivity index (χ2n) is 5.25. The summed E-state index contributed by atoms with van der Waals surface area (Å²) < 4.78 is 0.200. The Bertz CT molecular complexity index is 535. The Morgan fingerprint density at radius 2 is 1.95 bits per heavy atom. The Hall–Kier alpha value is -0.700. The van der Waals surface area contributed by atoms with Crippen molar-refractivity contribution in [2.24, 2.45) is 17.3 Å². The highest BCUT2D eigenvalue weighted by Crippen LogP contribution is 2.60. The number of nitrogens with one attached hydrogen (secondary N) is 1. The average Bonchev–Trinajstić information content (AvgIpc) is 2.82. The molecule has 2 unspecified atom stereocenters. The molecule has 1 aliphatic carbocycles. The Morgan fingerprint density at radius 1 is 1.32 bits per heavy atom. The smallest absolute Gasteiger partial charge is 0.228 e. The molecule has 1 fully saturated rings. The van der Waals surface area contributed by atoms with Crippen molar-refractivity contribution in [1.29, 1.82) is 0 Å². The lowest BCUT2D eigenvalue weighted by Gasteiger charge is -2.07. The summed E-state index contributed by atoms with van der Waals surface area (Å²) in [6, 6.07) is 7.15. The zero-order chi connectivity index (χ0) is 14.2. The molecule has 0 aliphatic heterocycles. The van der Waals surface area contributed by atoms with Gasteiger partial charge in [0.2, 0.25) is 5.91 Å². The van der Waals surface area contributed by atoms with E-state index in [0.717, 1.165) is 0 Å². The van der Waals surface area contributed by atoms with Gasteiger partial charge in [-0.2, -0.15) is 0 Å². The number of carbonyl (C=O) groups excluding carboxylic acids is 1. The Labute approximate surface area is 127 Å². The van der Waals surface area contributed by atoms with Crippen LogP contribution in [0.15, 0.2) is 34.8 Å². The van der Waals surface area contributed by atoms with Crippen molar-refractivity contribution in [1.82, 2.24) is 0 Å². The number of hydrogen-bond donors (Lipinski definition) is 1. The van der Waals surface area contributed by atoms with Crippen molar-refractivity contribution in [2.75, 3.05) is 5.32 Å². The number of carbonyl (C=O) groups is 1. The van der Waals surface area contributed by atoms with Gasteiger partial charge in [0.25, 0.3) is 0 Å². The zero-order valence-corrected chi connectivity index (χ0v) is 12.9. The highest BCUT2D eigenvalue weighted by Gasteiger charge is 2.60. The molecule has 2 rings (SSSR count). The quantitative estimate of drug-likeness (QED) is 0.846. The van der Waals surface area contributed by atoms with E-state index in [4.69, 9.17) is 34.8 Å². The van der Waals surface area contributed by atoms with E-state index in [0.29, 0.717) is 10.7 Å². The van der Waals surface area contributed by atoms with Gasteiger partial charge >= 0.3 is 0 Å². The molecule has 1 aliphatic rings. The van der Waals surface area contributed by atoms with Crippen molar-refractivity contribution in [2.45, 2.75) is 13.8 Å². The molecule has 2 nitrogen and oxygen atoms in total. The molecule has 1 saturated carbocycles. The van der Waals surface area contributed by atoms with Gasteiger partial charge in [-0.1, -0.05) is 60.8 Å². The summed E-state index contributed by atoms with van der Waals surface area (Å²) in [6.07, 6.45) is 1.72. The van der Waals surface area contributed by atoms with E-state index < -0.39 is 0 Å². The van der Waals surface area contributed by atoms with Crippen molar-refractivity contribution in [3.8, 4) is 0 Å². The number of hydrogen-bond acceptors (Lipinski definition) is 1. The molecular weight excluding hydrogens is 305 g/mol. The van der Waals surface area contributed by atoms with Crippen molar-refractivity contribution in [3.05, 3.63) is 39.9 Å². The number of anilines is 1.